The smallest absolute Gasteiger partial charge is 0.107 e. The predicted molar refractivity (Wildman–Crippen MR) is 86.9 cm³/mol. The molecule has 0 fully saturated rings. The van der Waals surface area contributed by atoms with Crippen molar-refractivity contribution in [2.45, 2.75) is 25.1 Å². The van der Waals surface area contributed by atoms with Crippen LogP contribution in [0.2, 0.25) is 0 Å². The van der Waals surface area contributed by atoms with Crippen molar-refractivity contribution < 1.29 is 0 Å². The number of aromatic nitrogens is 1. The Morgan fingerprint density at radius 2 is 2.11 bits per heavy atom. The van der Waals surface area contributed by atoms with Crippen LogP contribution in [0, 0.1) is 0 Å². The summed E-state index contributed by atoms with van der Waals surface area (Å²) in [6.07, 6.45) is 3.37. The number of nitrogens with one attached hydrogen (secondary N) is 1. The Kier molecular flexibility index (Phi) is 5.89. The maximum Gasteiger partial charge on any atom is 0.107 e. The van der Waals surface area contributed by atoms with Crippen molar-refractivity contribution in [1.82, 2.24) is 10.3 Å². The topological polar surface area (TPSA) is 24.9 Å². The minimum Gasteiger partial charge on any atom is -0.310 e. The summed E-state index contributed by atoms with van der Waals surface area (Å²) in [4.78, 5) is 4.67. The molecule has 1 unspecified atom stereocenters. The molecular weight excluding hydrogens is 272 g/mol. The second-order valence-corrected chi connectivity index (χ2v) is 6.72. The van der Waals surface area contributed by atoms with E-state index < -0.39 is 0 Å². The van der Waals surface area contributed by atoms with Crippen LogP contribution in [0.5, 0.6) is 0 Å². The molecule has 0 aliphatic heterocycles. The van der Waals surface area contributed by atoms with E-state index in [9.17, 15) is 0 Å². The van der Waals surface area contributed by atoms with Crippen molar-refractivity contribution in [1.29, 1.82) is 0 Å². The number of hydrogen-bond donors (Lipinski definition) is 1. The maximum atomic E-state index is 4.67. The molecule has 1 atom stereocenters. The molecule has 0 saturated heterocycles. The van der Waals surface area contributed by atoms with Gasteiger partial charge in [-0.05, 0) is 19.2 Å². The van der Waals surface area contributed by atoms with Gasteiger partial charge in [-0.25, -0.2) is 4.98 Å². The third-order valence-corrected chi connectivity index (χ3v) is 4.92. The van der Waals surface area contributed by atoms with Gasteiger partial charge in [0.1, 0.15) is 5.01 Å². The van der Waals surface area contributed by atoms with E-state index in [0.717, 1.165) is 29.0 Å². The van der Waals surface area contributed by atoms with Crippen molar-refractivity contribution in [3.63, 3.8) is 0 Å². The van der Waals surface area contributed by atoms with Crippen LogP contribution >= 0.6 is 23.1 Å². The highest BCUT2D eigenvalue weighted by molar-refractivity contribution is 7.99. The molecule has 2 aromatic rings. The number of hydrogen-bond acceptors (Lipinski definition) is 4. The summed E-state index contributed by atoms with van der Waals surface area (Å²) in [7, 11) is 0. The van der Waals surface area contributed by atoms with E-state index in [0.29, 0.717) is 0 Å². The van der Waals surface area contributed by atoms with Gasteiger partial charge in [-0.2, -0.15) is 11.8 Å². The second kappa shape index (κ2) is 7.68. The standard InChI is InChI=1S/C15H20N2S2/c1-12(18-2)8-9-16-10-15-17-14(11-19-15)13-6-4-3-5-7-13/h3-7,11-12,16H,8-10H2,1-2H3. The van der Waals surface area contributed by atoms with Crippen LogP contribution in [-0.2, 0) is 6.54 Å². The van der Waals surface area contributed by atoms with Gasteiger partial charge >= 0.3 is 0 Å². The molecule has 1 aromatic carbocycles. The fourth-order valence-corrected chi connectivity index (χ4v) is 2.88. The number of benzene rings is 1. The summed E-state index contributed by atoms with van der Waals surface area (Å²) >= 11 is 3.65. The van der Waals surface area contributed by atoms with Crippen molar-refractivity contribution in [2.75, 3.05) is 12.8 Å². The van der Waals surface area contributed by atoms with E-state index in [1.54, 1.807) is 11.3 Å². The zero-order valence-electron chi connectivity index (χ0n) is 11.4. The minimum absolute atomic E-state index is 0.726. The van der Waals surface area contributed by atoms with Crippen molar-refractivity contribution in [3.8, 4) is 11.3 Å². The molecule has 0 spiro atoms. The van der Waals surface area contributed by atoms with Crippen molar-refractivity contribution in [3.05, 3.63) is 40.7 Å². The van der Waals surface area contributed by atoms with Gasteiger partial charge in [-0.1, -0.05) is 37.3 Å². The fraction of sp³-hybridized carbons (Fsp3) is 0.400. The van der Waals surface area contributed by atoms with Crippen molar-refractivity contribution in [2.24, 2.45) is 0 Å². The normalized spacial score (nSPS) is 12.5. The molecule has 4 heteroatoms. The van der Waals surface area contributed by atoms with E-state index in [1.165, 1.54) is 12.0 Å². The Morgan fingerprint density at radius 1 is 1.32 bits per heavy atom. The lowest BCUT2D eigenvalue weighted by Crippen LogP contribution is -2.17. The molecule has 1 heterocycles. The third kappa shape index (κ3) is 4.64. The van der Waals surface area contributed by atoms with Gasteiger partial charge in [0.2, 0.25) is 0 Å². The van der Waals surface area contributed by atoms with Gasteiger partial charge in [-0.15, -0.1) is 11.3 Å². The highest BCUT2D eigenvalue weighted by Gasteiger charge is 2.04. The first-order valence-corrected chi connectivity index (χ1v) is 8.69. The average Bonchev–Trinajstić information content (AvgIpc) is 2.93. The van der Waals surface area contributed by atoms with Crippen LogP contribution in [0.25, 0.3) is 11.3 Å². The summed E-state index contributed by atoms with van der Waals surface area (Å²) in [5.74, 6) is 0. The van der Waals surface area contributed by atoms with Gasteiger partial charge in [0, 0.05) is 22.7 Å². The van der Waals surface area contributed by atoms with Gasteiger partial charge in [0.25, 0.3) is 0 Å². The Morgan fingerprint density at radius 3 is 2.84 bits per heavy atom. The molecule has 1 aromatic heterocycles. The van der Waals surface area contributed by atoms with Gasteiger partial charge in [-0.3, -0.25) is 0 Å². The first-order valence-electron chi connectivity index (χ1n) is 6.53. The summed E-state index contributed by atoms with van der Waals surface area (Å²) in [6, 6.07) is 10.3. The molecule has 102 valence electrons. The van der Waals surface area contributed by atoms with Crippen molar-refractivity contribution >= 4 is 23.1 Å². The van der Waals surface area contributed by atoms with Gasteiger partial charge in [0.05, 0.1) is 5.69 Å². The third-order valence-electron chi connectivity index (χ3n) is 3.03. The quantitative estimate of drug-likeness (QED) is 0.780. The molecule has 0 radical (unpaired) electrons. The molecule has 2 rings (SSSR count). The van der Waals surface area contributed by atoms with Crippen LogP contribution < -0.4 is 5.32 Å². The van der Waals surface area contributed by atoms with Crippen LogP contribution in [0.15, 0.2) is 35.7 Å². The molecule has 0 saturated carbocycles. The van der Waals surface area contributed by atoms with E-state index in [1.807, 2.05) is 17.8 Å². The average molecular weight is 292 g/mol. The lowest BCUT2D eigenvalue weighted by Gasteiger charge is -2.07. The zero-order chi connectivity index (χ0) is 13.5. The Bertz CT molecular complexity index is 482. The predicted octanol–water partition coefficient (Wildman–Crippen LogP) is 4.04. The van der Waals surface area contributed by atoms with E-state index in [2.05, 4.69) is 53.1 Å². The largest absolute Gasteiger partial charge is 0.310 e. The Balaban J connectivity index is 1.82. The van der Waals surface area contributed by atoms with E-state index in [4.69, 9.17) is 0 Å². The van der Waals surface area contributed by atoms with Gasteiger partial charge in [0.15, 0.2) is 0 Å². The number of nitrogens with zero attached hydrogens (tertiary/aromatic N) is 1. The monoisotopic (exact) mass is 292 g/mol. The molecule has 0 aliphatic carbocycles. The fourth-order valence-electron chi connectivity index (χ4n) is 1.75. The number of thiazole rings is 1. The second-order valence-electron chi connectivity index (χ2n) is 4.50. The minimum atomic E-state index is 0.726. The maximum absolute atomic E-state index is 4.67. The number of thioether (sulfide) groups is 1. The Labute approximate surface area is 123 Å². The zero-order valence-corrected chi connectivity index (χ0v) is 13.1. The lowest BCUT2D eigenvalue weighted by atomic mass is 10.2. The molecule has 0 amide bonds. The molecule has 19 heavy (non-hydrogen) atoms. The van der Waals surface area contributed by atoms with Gasteiger partial charge < -0.3 is 5.32 Å². The van der Waals surface area contributed by atoms with Crippen LogP contribution in [0.4, 0.5) is 0 Å². The summed E-state index contributed by atoms with van der Waals surface area (Å²) in [5, 5.41) is 7.49. The lowest BCUT2D eigenvalue weighted by molar-refractivity contribution is 0.646. The highest BCUT2D eigenvalue weighted by atomic mass is 32.2. The van der Waals surface area contributed by atoms with E-state index >= 15 is 0 Å². The molecule has 2 nitrogen and oxygen atoms in total. The first-order chi connectivity index (χ1) is 9.29. The summed E-state index contributed by atoms with van der Waals surface area (Å²) < 4.78 is 0. The first kappa shape index (κ1) is 14.6. The summed E-state index contributed by atoms with van der Waals surface area (Å²) in [6.45, 7) is 4.20. The van der Waals surface area contributed by atoms with Crippen LogP contribution in [0.1, 0.15) is 18.4 Å². The molecule has 0 bridgehead atoms. The Hall–Kier alpha value is -0.840. The van der Waals surface area contributed by atoms with E-state index in [-0.39, 0.29) is 0 Å². The number of rotatable bonds is 7. The SMILES string of the molecule is CSC(C)CCNCc1nc(-c2ccccc2)cs1. The molecule has 0 aliphatic rings. The molecular formula is C15H20N2S2. The summed E-state index contributed by atoms with van der Waals surface area (Å²) in [5.41, 5.74) is 2.28. The van der Waals surface area contributed by atoms with Crippen LogP contribution in [0.3, 0.4) is 0 Å². The molecule has 1 N–H and O–H groups in total. The van der Waals surface area contributed by atoms with Crippen LogP contribution in [-0.4, -0.2) is 23.0 Å². The highest BCUT2D eigenvalue weighted by Crippen LogP contribution is 2.21.